The molecule has 0 aliphatic carbocycles. The van der Waals surface area contributed by atoms with Crippen LogP contribution in [0.5, 0.6) is 0 Å². The van der Waals surface area contributed by atoms with Gasteiger partial charge in [-0.05, 0) is 13.0 Å². The van der Waals surface area contributed by atoms with Crippen molar-refractivity contribution in [2.75, 3.05) is 0 Å². The molecule has 0 atom stereocenters. The maximum atomic E-state index is 11.0. The van der Waals surface area contributed by atoms with Gasteiger partial charge < -0.3 is 4.98 Å². The van der Waals surface area contributed by atoms with Gasteiger partial charge in [0, 0.05) is 11.3 Å². The summed E-state index contributed by atoms with van der Waals surface area (Å²) in [4.78, 5) is 13.6. The van der Waals surface area contributed by atoms with E-state index in [2.05, 4.69) is 4.98 Å². The van der Waals surface area contributed by atoms with Gasteiger partial charge in [0.15, 0.2) is 0 Å². The van der Waals surface area contributed by atoms with Crippen LogP contribution in [0.3, 0.4) is 0 Å². The second-order valence-corrected chi connectivity index (χ2v) is 2.33. The van der Waals surface area contributed by atoms with E-state index < -0.39 is 0 Å². The molecular formula is C8H8N2O. The number of rotatable bonds is 1. The number of pyridine rings is 1. The van der Waals surface area contributed by atoms with E-state index in [1.165, 1.54) is 0 Å². The van der Waals surface area contributed by atoms with Crippen LogP contribution in [0.15, 0.2) is 16.9 Å². The molecule has 0 fully saturated rings. The Hall–Kier alpha value is -1.56. The van der Waals surface area contributed by atoms with Crippen molar-refractivity contribution in [1.82, 2.24) is 4.98 Å². The van der Waals surface area contributed by atoms with Crippen LogP contribution >= 0.6 is 0 Å². The number of H-pyrrole nitrogens is 1. The molecule has 0 aliphatic rings. The molecule has 0 saturated carbocycles. The number of aromatic amines is 1. The molecule has 3 nitrogen and oxygen atoms in total. The van der Waals surface area contributed by atoms with Gasteiger partial charge in [-0.1, -0.05) is 6.07 Å². The van der Waals surface area contributed by atoms with E-state index in [9.17, 15) is 4.79 Å². The van der Waals surface area contributed by atoms with Gasteiger partial charge in [0.1, 0.15) is 0 Å². The molecular weight excluding hydrogens is 140 g/mol. The lowest BCUT2D eigenvalue weighted by atomic mass is 10.2. The van der Waals surface area contributed by atoms with Crippen LogP contribution in [0, 0.1) is 18.3 Å². The Morgan fingerprint density at radius 1 is 1.64 bits per heavy atom. The standard InChI is InChI=1S/C8H8N2O/c1-6-2-3-7(4-5-9)8(11)10-6/h2-3H,4H2,1H3,(H,10,11). The number of aromatic nitrogens is 1. The zero-order valence-electron chi connectivity index (χ0n) is 6.22. The Balaban J connectivity index is 3.12. The van der Waals surface area contributed by atoms with Crippen molar-refractivity contribution in [1.29, 1.82) is 5.26 Å². The third-order valence-corrected chi connectivity index (χ3v) is 1.41. The highest BCUT2D eigenvalue weighted by Gasteiger charge is 1.96. The van der Waals surface area contributed by atoms with Crippen molar-refractivity contribution in [3.8, 4) is 6.07 Å². The minimum Gasteiger partial charge on any atom is -0.326 e. The first kappa shape index (κ1) is 7.55. The third kappa shape index (κ3) is 1.68. The first-order valence-corrected chi connectivity index (χ1v) is 3.30. The zero-order chi connectivity index (χ0) is 8.27. The zero-order valence-corrected chi connectivity index (χ0v) is 6.22. The maximum Gasteiger partial charge on any atom is 0.252 e. The van der Waals surface area contributed by atoms with E-state index in [1.807, 2.05) is 6.07 Å². The van der Waals surface area contributed by atoms with Crippen LogP contribution in [-0.2, 0) is 6.42 Å². The van der Waals surface area contributed by atoms with Crippen molar-refractivity contribution in [3.05, 3.63) is 33.7 Å². The molecule has 0 spiro atoms. The molecule has 1 aromatic heterocycles. The van der Waals surface area contributed by atoms with E-state index in [1.54, 1.807) is 19.1 Å². The molecule has 1 heterocycles. The predicted octanol–water partition coefficient (Wildman–Crippen LogP) is 0.749. The van der Waals surface area contributed by atoms with Crippen LogP contribution in [-0.4, -0.2) is 4.98 Å². The molecule has 3 heteroatoms. The molecule has 56 valence electrons. The highest BCUT2D eigenvalue weighted by molar-refractivity contribution is 5.16. The number of nitrogens with zero attached hydrogens (tertiary/aromatic N) is 1. The highest BCUT2D eigenvalue weighted by atomic mass is 16.1. The van der Waals surface area contributed by atoms with Gasteiger partial charge in [-0.3, -0.25) is 4.79 Å². The molecule has 11 heavy (non-hydrogen) atoms. The Labute approximate surface area is 64.3 Å². The van der Waals surface area contributed by atoms with Crippen molar-refractivity contribution >= 4 is 0 Å². The minimum atomic E-state index is -0.161. The molecule has 0 aromatic carbocycles. The van der Waals surface area contributed by atoms with Crippen LogP contribution in [0.4, 0.5) is 0 Å². The van der Waals surface area contributed by atoms with E-state index in [4.69, 9.17) is 5.26 Å². The first-order valence-electron chi connectivity index (χ1n) is 3.30. The lowest BCUT2D eigenvalue weighted by molar-refractivity contribution is 1.08. The summed E-state index contributed by atoms with van der Waals surface area (Å²) in [5.41, 5.74) is 1.18. The summed E-state index contributed by atoms with van der Waals surface area (Å²) < 4.78 is 0. The fourth-order valence-electron chi connectivity index (χ4n) is 0.827. The lowest BCUT2D eigenvalue weighted by Crippen LogP contribution is -2.12. The second kappa shape index (κ2) is 3.02. The molecule has 1 aromatic rings. The monoisotopic (exact) mass is 148 g/mol. The van der Waals surface area contributed by atoms with E-state index >= 15 is 0 Å². The van der Waals surface area contributed by atoms with Gasteiger partial charge in [0.05, 0.1) is 12.5 Å². The Bertz CT molecular complexity index is 346. The molecule has 0 bridgehead atoms. The van der Waals surface area contributed by atoms with E-state index in [-0.39, 0.29) is 12.0 Å². The van der Waals surface area contributed by atoms with E-state index in [0.717, 1.165) is 5.69 Å². The summed E-state index contributed by atoms with van der Waals surface area (Å²) in [7, 11) is 0. The number of aryl methyl sites for hydroxylation is 1. The van der Waals surface area contributed by atoms with Crippen molar-refractivity contribution in [3.63, 3.8) is 0 Å². The molecule has 0 aliphatic heterocycles. The van der Waals surface area contributed by atoms with Crippen molar-refractivity contribution < 1.29 is 0 Å². The van der Waals surface area contributed by atoms with E-state index in [0.29, 0.717) is 5.56 Å². The van der Waals surface area contributed by atoms with Crippen LogP contribution in [0.25, 0.3) is 0 Å². The summed E-state index contributed by atoms with van der Waals surface area (Å²) in [5.74, 6) is 0. The largest absolute Gasteiger partial charge is 0.326 e. The molecule has 0 unspecified atom stereocenters. The molecule has 0 amide bonds. The maximum absolute atomic E-state index is 11.0. The summed E-state index contributed by atoms with van der Waals surface area (Å²) in [5, 5.41) is 8.31. The highest BCUT2D eigenvalue weighted by Crippen LogP contribution is 1.92. The predicted molar refractivity (Wildman–Crippen MR) is 41.1 cm³/mol. The summed E-state index contributed by atoms with van der Waals surface area (Å²) in [6.45, 7) is 1.80. The average Bonchev–Trinajstić information content (AvgIpc) is 1.95. The number of nitriles is 1. The topological polar surface area (TPSA) is 56.6 Å². The van der Waals surface area contributed by atoms with Gasteiger partial charge >= 0.3 is 0 Å². The van der Waals surface area contributed by atoms with Crippen molar-refractivity contribution in [2.24, 2.45) is 0 Å². The molecule has 0 radical (unpaired) electrons. The normalized spacial score (nSPS) is 9.09. The average molecular weight is 148 g/mol. The quantitative estimate of drug-likeness (QED) is 0.638. The summed E-state index contributed by atoms with van der Waals surface area (Å²) in [6, 6.07) is 5.39. The molecule has 1 rings (SSSR count). The summed E-state index contributed by atoms with van der Waals surface area (Å²) in [6.07, 6.45) is 0.176. The first-order chi connectivity index (χ1) is 5.24. The Morgan fingerprint density at radius 2 is 2.36 bits per heavy atom. The number of nitrogens with one attached hydrogen (secondary N) is 1. The smallest absolute Gasteiger partial charge is 0.252 e. The number of hydrogen-bond acceptors (Lipinski definition) is 2. The minimum absolute atomic E-state index is 0.161. The van der Waals surface area contributed by atoms with Crippen LogP contribution in [0.2, 0.25) is 0 Å². The lowest BCUT2D eigenvalue weighted by Gasteiger charge is -1.93. The SMILES string of the molecule is Cc1ccc(CC#N)c(=O)[nH]1. The molecule has 0 saturated heterocycles. The van der Waals surface area contributed by atoms with Crippen molar-refractivity contribution in [2.45, 2.75) is 13.3 Å². The van der Waals surface area contributed by atoms with Gasteiger partial charge in [0.2, 0.25) is 0 Å². The van der Waals surface area contributed by atoms with Crippen LogP contribution in [0.1, 0.15) is 11.3 Å². The van der Waals surface area contributed by atoms with Gasteiger partial charge in [-0.2, -0.15) is 5.26 Å². The molecule has 1 N–H and O–H groups in total. The van der Waals surface area contributed by atoms with Gasteiger partial charge in [-0.15, -0.1) is 0 Å². The fraction of sp³-hybridized carbons (Fsp3) is 0.250. The third-order valence-electron chi connectivity index (χ3n) is 1.41. The second-order valence-electron chi connectivity index (χ2n) is 2.33. The van der Waals surface area contributed by atoms with Gasteiger partial charge in [0.25, 0.3) is 5.56 Å². The van der Waals surface area contributed by atoms with Crippen LogP contribution < -0.4 is 5.56 Å². The summed E-state index contributed by atoms with van der Waals surface area (Å²) >= 11 is 0. The fourth-order valence-corrected chi connectivity index (χ4v) is 0.827. The Morgan fingerprint density at radius 3 is 2.91 bits per heavy atom. The van der Waals surface area contributed by atoms with Gasteiger partial charge in [-0.25, -0.2) is 0 Å². The number of hydrogen-bond donors (Lipinski definition) is 1. The Kier molecular flexibility index (Phi) is 2.07.